The molecule has 7 nitrogen and oxygen atoms in total. The van der Waals surface area contributed by atoms with Gasteiger partial charge in [0.05, 0.1) is 29.2 Å². The second-order valence-corrected chi connectivity index (χ2v) is 8.09. The van der Waals surface area contributed by atoms with Crippen LogP contribution in [0.25, 0.3) is 11.1 Å². The van der Waals surface area contributed by atoms with E-state index in [0.717, 1.165) is 28.7 Å². The van der Waals surface area contributed by atoms with Gasteiger partial charge < -0.3 is 9.50 Å². The highest BCUT2D eigenvalue weighted by molar-refractivity contribution is 7.94. The van der Waals surface area contributed by atoms with E-state index in [1.807, 2.05) is 25.1 Å². The van der Waals surface area contributed by atoms with Crippen LogP contribution in [-0.2, 0) is 5.41 Å². The molecule has 0 aliphatic heterocycles. The Labute approximate surface area is 191 Å². The molecule has 3 rings (SSSR count). The fourth-order valence-electron chi connectivity index (χ4n) is 3.01. The van der Waals surface area contributed by atoms with Crippen LogP contribution in [0.3, 0.4) is 0 Å². The minimum atomic E-state index is -0.801. The number of carbonyl (C=O) groups is 1. The maximum absolute atomic E-state index is 12.8. The van der Waals surface area contributed by atoms with Gasteiger partial charge in [0.25, 0.3) is 5.91 Å². The molecule has 1 aromatic carbocycles. The van der Waals surface area contributed by atoms with Crippen molar-refractivity contribution < 1.29 is 8.98 Å². The zero-order valence-corrected chi connectivity index (χ0v) is 18.9. The van der Waals surface area contributed by atoms with Gasteiger partial charge in [-0.1, -0.05) is 6.07 Å². The number of anilines is 1. The number of hydrogen-bond acceptors (Lipinski definition) is 7. The maximum Gasteiger partial charge on any atom is 0.255 e. The maximum atomic E-state index is 12.8. The third-order valence-corrected chi connectivity index (χ3v) is 5.21. The summed E-state index contributed by atoms with van der Waals surface area (Å²) in [6, 6.07) is 14.8. The van der Waals surface area contributed by atoms with E-state index >= 15 is 0 Å². The summed E-state index contributed by atoms with van der Waals surface area (Å²) in [5.74, 6) is -0.0450. The Balaban J connectivity index is 1.90. The Kier molecular flexibility index (Phi) is 6.77. The molecule has 0 saturated carbocycles. The highest BCUT2D eigenvalue weighted by Gasteiger charge is 2.22. The number of rotatable bonds is 6. The number of nitrogens with one attached hydrogen (secondary N) is 1. The lowest BCUT2D eigenvalue weighted by Crippen LogP contribution is -2.18. The van der Waals surface area contributed by atoms with Gasteiger partial charge in [0.15, 0.2) is 0 Å². The quantitative estimate of drug-likeness (QED) is 0.532. The van der Waals surface area contributed by atoms with E-state index in [0.29, 0.717) is 22.5 Å². The minimum Gasteiger partial charge on any atom is -0.405 e. The van der Waals surface area contributed by atoms with E-state index < -0.39 is 5.41 Å². The first-order valence-corrected chi connectivity index (χ1v) is 10.8. The summed E-state index contributed by atoms with van der Waals surface area (Å²) in [5, 5.41) is 21.6. The highest BCUT2D eigenvalue weighted by atomic mass is 32.2. The van der Waals surface area contributed by atoms with Crippen LogP contribution in [0.4, 0.5) is 5.69 Å². The molecule has 0 unspecified atom stereocenters. The average molecular weight is 444 g/mol. The van der Waals surface area contributed by atoms with Crippen LogP contribution in [0.15, 0.2) is 48.8 Å². The number of carbonyl (C=O) groups excluding carboxylic acids is 1. The standard InChI is InChI=1S/C24H21N5O2S/c1-15-5-6-19(11-20(15)18-9-17(12-25)23(28-13-18)31-32-4)29-22(30)16-7-8-27-21(10-16)24(2,3)14-26/h5-11,13H,1-4H3,(H,29,30). The first kappa shape index (κ1) is 22.8. The van der Waals surface area contributed by atoms with Crippen LogP contribution < -0.4 is 9.50 Å². The molecule has 1 amide bonds. The Morgan fingerprint density at radius 2 is 1.94 bits per heavy atom. The van der Waals surface area contributed by atoms with E-state index in [9.17, 15) is 15.3 Å². The molecule has 0 aliphatic carbocycles. The topological polar surface area (TPSA) is 112 Å². The van der Waals surface area contributed by atoms with Crippen molar-refractivity contribution in [2.45, 2.75) is 26.2 Å². The van der Waals surface area contributed by atoms with Crippen LogP contribution in [0.5, 0.6) is 5.88 Å². The monoisotopic (exact) mass is 443 g/mol. The van der Waals surface area contributed by atoms with Gasteiger partial charge in [-0.05, 0) is 62.2 Å². The molecule has 32 heavy (non-hydrogen) atoms. The molecule has 0 aliphatic rings. The Morgan fingerprint density at radius 3 is 2.62 bits per heavy atom. The van der Waals surface area contributed by atoms with Gasteiger partial charge in [-0.25, -0.2) is 4.98 Å². The molecule has 0 saturated heterocycles. The van der Waals surface area contributed by atoms with Gasteiger partial charge in [0.2, 0.25) is 5.88 Å². The number of nitriles is 2. The predicted molar refractivity (Wildman–Crippen MR) is 124 cm³/mol. The third-order valence-electron chi connectivity index (χ3n) is 4.88. The van der Waals surface area contributed by atoms with Crippen molar-refractivity contribution in [2.24, 2.45) is 0 Å². The number of aromatic nitrogens is 2. The summed E-state index contributed by atoms with van der Waals surface area (Å²) >= 11 is 1.12. The number of benzene rings is 1. The molecule has 2 aromatic heterocycles. The summed E-state index contributed by atoms with van der Waals surface area (Å²) in [6.45, 7) is 5.45. The first-order chi connectivity index (χ1) is 15.3. The zero-order chi connectivity index (χ0) is 23.3. The second-order valence-electron chi connectivity index (χ2n) is 7.59. The molecule has 0 spiro atoms. The Hall–Kier alpha value is -3.88. The lowest BCUT2D eigenvalue weighted by Gasteiger charge is -2.15. The summed E-state index contributed by atoms with van der Waals surface area (Å²) in [6.07, 6.45) is 4.91. The summed E-state index contributed by atoms with van der Waals surface area (Å²) in [5.41, 5.74) is 3.60. The van der Waals surface area contributed by atoms with Crippen LogP contribution in [0.2, 0.25) is 0 Å². The largest absolute Gasteiger partial charge is 0.405 e. The first-order valence-electron chi connectivity index (χ1n) is 9.70. The van der Waals surface area contributed by atoms with Gasteiger partial charge in [-0.3, -0.25) is 9.78 Å². The van der Waals surface area contributed by atoms with Crippen LogP contribution in [0.1, 0.15) is 41.0 Å². The molecular formula is C24H21N5O2S. The lowest BCUT2D eigenvalue weighted by molar-refractivity contribution is 0.102. The van der Waals surface area contributed by atoms with Gasteiger partial charge in [0, 0.05) is 35.5 Å². The molecule has 2 heterocycles. The number of amides is 1. The molecule has 1 N–H and O–H groups in total. The van der Waals surface area contributed by atoms with Crippen molar-refractivity contribution >= 4 is 23.6 Å². The smallest absolute Gasteiger partial charge is 0.255 e. The fourth-order valence-corrected chi connectivity index (χ4v) is 3.30. The summed E-state index contributed by atoms with van der Waals surface area (Å²) < 4.78 is 5.32. The predicted octanol–water partition coefficient (Wildman–Crippen LogP) is 5.03. The van der Waals surface area contributed by atoms with Crippen molar-refractivity contribution in [3.63, 3.8) is 0 Å². The fraction of sp³-hybridized carbons (Fsp3) is 0.208. The molecule has 0 fully saturated rings. The number of pyridine rings is 2. The molecule has 0 radical (unpaired) electrons. The van der Waals surface area contributed by atoms with Crippen molar-refractivity contribution in [3.05, 3.63) is 71.2 Å². The molecule has 0 atom stereocenters. The van der Waals surface area contributed by atoms with Crippen molar-refractivity contribution in [1.82, 2.24) is 9.97 Å². The van der Waals surface area contributed by atoms with E-state index in [4.69, 9.17) is 4.18 Å². The van der Waals surface area contributed by atoms with Crippen molar-refractivity contribution in [3.8, 4) is 29.1 Å². The van der Waals surface area contributed by atoms with Gasteiger partial charge in [0.1, 0.15) is 11.6 Å². The van der Waals surface area contributed by atoms with E-state index in [1.54, 1.807) is 44.5 Å². The normalized spacial score (nSPS) is 10.7. The number of hydrogen-bond donors (Lipinski definition) is 1. The van der Waals surface area contributed by atoms with Crippen LogP contribution in [-0.4, -0.2) is 22.1 Å². The Bertz CT molecular complexity index is 1260. The van der Waals surface area contributed by atoms with Gasteiger partial charge in [-0.15, -0.1) is 0 Å². The van der Waals surface area contributed by atoms with Crippen molar-refractivity contribution in [1.29, 1.82) is 10.5 Å². The summed E-state index contributed by atoms with van der Waals surface area (Å²) in [4.78, 5) is 21.3. The van der Waals surface area contributed by atoms with E-state index in [2.05, 4.69) is 27.4 Å². The van der Waals surface area contributed by atoms with Crippen molar-refractivity contribution in [2.75, 3.05) is 11.6 Å². The third kappa shape index (κ3) is 4.88. The number of nitrogens with zero attached hydrogens (tertiary/aromatic N) is 4. The van der Waals surface area contributed by atoms with E-state index in [1.165, 1.54) is 6.20 Å². The minimum absolute atomic E-state index is 0.264. The molecule has 3 aromatic rings. The van der Waals surface area contributed by atoms with Crippen LogP contribution >= 0.6 is 12.0 Å². The van der Waals surface area contributed by atoms with E-state index in [-0.39, 0.29) is 11.8 Å². The molecular weight excluding hydrogens is 422 g/mol. The molecule has 0 bridgehead atoms. The average Bonchev–Trinajstić information content (AvgIpc) is 2.81. The Morgan fingerprint density at radius 1 is 1.16 bits per heavy atom. The second kappa shape index (κ2) is 9.51. The zero-order valence-electron chi connectivity index (χ0n) is 18.1. The SMILES string of the molecule is CSOc1ncc(-c2cc(NC(=O)c3ccnc(C(C)(C)C#N)c3)ccc2C)cc1C#N. The van der Waals surface area contributed by atoms with Crippen LogP contribution in [0, 0.1) is 29.6 Å². The molecule has 160 valence electrons. The molecule has 8 heteroatoms. The number of aryl methyl sites for hydroxylation is 1. The van der Waals surface area contributed by atoms with Gasteiger partial charge >= 0.3 is 0 Å². The lowest BCUT2D eigenvalue weighted by atomic mass is 9.90. The summed E-state index contributed by atoms with van der Waals surface area (Å²) in [7, 11) is 0. The van der Waals surface area contributed by atoms with Gasteiger partial charge in [-0.2, -0.15) is 10.5 Å². The highest BCUT2D eigenvalue weighted by Crippen LogP contribution is 2.30.